The van der Waals surface area contributed by atoms with Gasteiger partial charge in [-0.15, -0.1) is 0 Å². The van der Waals surface area contributed by atoms with Crippen molar-refractivity contribution in [2.75, 3.05) is 12.3 Å². The minimum atomic E-state index is -1.14. The van der Waals surface area contributed by atoms with Gasteiger partial charge >= 0.3 is 0 Å². The lowest BCUT2D eigenvalue weighted by molar-refractivity contribution is 0.450. The quantitative estimate of drug-likeness (QED) is 0.633. The van der Waals surface area contributed by atoms with Crippen molar-refractivity contribution >= 4 is 7.92 Å². The number of hydrogen-bond donors (Lipinski definition) is 0. The van der Waals surface area contributed by atoms with Gasteiger partial charge < -0.3 is 0 Å². The van der Waals surface area contributed by atoms with E-state index in [0.29, 0.717) is 25.2 Å². The van der Waals surface area contributed by atoms with E-state index in [1.54, 1.807) is 6.07 Å². The van der Waals surface area contributed by atoms with Gasteiger partial charge in [-0.25, -0.2) is 4.39 Å². The van der Waals surface area contributed by atoms with Crippen molar-refractivity contribution in [2.45, 2.75) is 25.2 Å². The lowest BCUT2D eigenvalue weighted by Crippen LogP contribution is -2.03. The molecule has 3 nitrogen and oxygen atoms in total. The largest absolute Gasteiger partial charge is 0.241 e. The first-order valence-corrected chi connectivity index (χ1v) is 6.03. The normalized spacial score (nSPS) is 11.4. The van der Waals surface area contributed by atoms with Gasteiger partial charge in [0.25, 0.3) is 0 Å². The molecule has 0 aliphatic heterocycles. The van der Waals surface area contributed by atoms with Crippen LogP contribution in [0, 0.1) is 34.0 Å². The zero-order valence-corrected chi connectivity index (χ0v) is 8.67. The summed E-state index contributed by atoms with van der Waals surface area (Å²) in [7, 11) is -0.974. The van der Waals surface area contributed by atoms with Crippen LogP contribution in [0.4, 0.5) is 4.39 Å². The third kappa shape index (κ3) is 5.47. The second-order valence-electron chi connectivity index (χ2n) is 2.65. The molecule has 74 valence electrons. The van der Waals surface area contributed by atoms with Crippen molar-refractivity contribution in [1.29, 1.82) is 15.8 Å². The van der Waals surface area contributed by atoms with E-state index < -0.39 is 13.8 Å². The second-order valence-corrected chi connectivity index (χ2v) is 5.28. The van der Waals surface area contributed by atoms with Gasteiger partial charge in [-0.3, -0.25) is 0 Å². The molecule has 0 aromatic carbocycles. The van der Waals surface area contributed by atoms with Crippen LogP contribution in [0.1, 0.15) is 19.3 Å². The number of nitrogens with zero attached hydrogens (tertiary/aromatic N) is 3. The third-order valence-corrected chi connectivity index (χ3v) is 4.25. The SMILES string of the molecule is N#CCCP(CCC#N)C(F)CC#N. The van der Waals surface area contributed by atoms with E-state index in [2.05, 4.69) is 0 Å². The van der Waals surface area contributed by atoms with Crippen LogP contribution < -0.4 is 0 Å². The molecule has 0 aromatic rings. The Hall–Kier alpha value is -1.17. The third-order valence-electron chi connectivity index (χ3n) is 1.68. The maximum Gasteiger partial charge on any atom is 0.132 e. The van der Waals surface area contributed by atoms with E-state index in [-0.39, 0.29) is 6.42 Å². The molecule has 1 atom stereocenters. The Morgan fingerprint density at radius 2 is 1.50 bits per heavy atom. The summed E-state index contributed by atoms with van der Waals surface area (Å²) >= 11 is 0. The topological polar surface area (TPSA) is 71.4 Å². The van der Waals surface area contributed by atoms with Gasteiger partial charge in [0.05, 0.1) is 24.6 Å². The average molecular weight is 211 g/mol. The smallest absolute Gasteiger partial charge is 0.132 e. The van der Waals surface area contributed by atoms with Crippen molar-refractivity contribution in [3.05, 3.63) is 0 Å². The Morgan fingerprint density at radius 1 is 1.00 bits per heavy atom. The predicted molar refractivity (Wildman–Crippen MR) is 52.2 cm³/mol. The highest BCUT2D eigenvalue weighted by Crippen LogP contribution is 2.44. The van der Waals surface area contributed by atoms with Crippen LogP contribution in [0.25, 0.3) is 0 Å². The first-order valence-electron chi connectivity index (χ1n) is 4.25. The van der Waals surface area contributed by atoms with Crippen LogP contribution in [-0.2, 0) is 0 Å². The second kappa shape index (κ2) is 8.43. The van der Waals surface area contributed by atoms with Gasteiger partial charge in [0.2, 0.25) is 0 Å². The summed E-state index contributed by atoms with van der Waals surface area (Å²) in [5.41, 5.74) is 0. The summed E-state index contributed by atoms with van der Waals surface area (Å²) in [5, 5.41) is 25.0. The Balaban J connectivity index is 4.04. The molecule has 0 radical (unpaired) electrons. The number of alkyl halides is 1. The molecule has 0 rings (SSSR count). The highest BCUT2D eigenvalue weighted by molar-refractivity contribution is 7.58. The van der Waals surface area contributed by atoms with Crippen LogP contribution in [0.3, 0.4) is 0 Å². The highest BCUT2D eigenvalue weighted by atomic mass is 31.1. The number of nitriles is 3. The van der Waals surface area contributed by atoms with Gasteiger partial charge in [0.1, 0.15) is 5.91 Å². The number of halogens is 1. The van der Waals surface area contributed by atoms with Crippen molar-refractivity contribution in [2.24, 2.45) is 0 Å². The zero-order chi connectivity index (χ0) is 10.8. The van der Waals surface area contributed by atoms with Gasteiger partial charge in [-0.1, -0.05) is 7.92 Å². The summed E-state index contributed by atoms with van der Waals surface area (Å²) in [4.78, 5) is 0. The molecule has 0 aliphatic carbocycles. The zero-order valence-electron chi connectivity index (χ0n) is 7.78. The van der Waals surface area contributed by atoms with Crippen LogP contribution in [0.15, 0.2) is 0 Å². The molecule has 1 unspecified atom stereocenters. The van der Waals surface area contributed by atoms with E-state index >= 15 is 0 Å². The standard InChI is InChI=1S/C9H11FN3P/c10-9(3-6-13)14(7-1-4-11)8-2-5-12/h9H,1-3,7-8H2. The van der Waals surface area contributed by atoms with Gasteiger partial charge in [0.15, 0.2) is 0 Å². The van der Waals surface area contributed by atoms with Crippen molar-refractivity contribution < 1.29 is 4.39 Å². The summed E-state index contributed by atoms with van der Waals surface area (Å²) in [5.74, 6) is -1.14. The lowest BCUT2D eigenvalue weighted by Gasteiger charge is -2.17. The van der Waals surface area contributed by atoms with Gasteiger partial charge in [0, 0.05) is 12.8 Å². The molecular formula is C9H11FN3P. The Labute approximate surface area is 84.5 Å². The van der Waals surface area contributed by atoms with Gasteiger partial charge in [-0.2, -0.15) is 15.8 Å². The van der Waals surface area contributed by atoms with Crippen LogP contribution >= 0.6 is 7.92 Å². The molecule has 0 heterocycles. The molecule has 14 heavy (non-hydrogen) atoms. The number of hydrogen-bond acceptors (Lipinski definition) is 3. The fourth-order valence-electron chi connectivity index (χ4n) is 0.984. The predicted octanol–water partition coefficient (Wildman–Crippen LogP) is 2.50. The monoisotopic (exact) mass is 211 g/mol. The minimum absolute atomic E-state index is 0.122. The average Bonchev–Trinajstić information content (AvgIpc) is 2.18. The molecule has 0 bridgehead atoms. The minimum Gasteiger partial charge on any atom is -0.241 e. The van der Waals surface area contributed by atoms with E-state index in [0.717, 1.165) is 0 Å². The summed E-state index contributed by atoms with van der Waals surface area (Å²) < 4.78 is 13.3. The summed E-state index contributed by atoms with van der Waals surface area (Å²) in [6.07, 6.45) is 1.49. The van der Waals surface area contributed by atoms with Crippen molar-refractivity contribution in [3.8, 4) is 18.2 Å². The Morgan fingerprint density at radius 3 is 1.86 bits per heavy atom. The highest BCUT2D eigenvalue weighted by Gasteiger charge is 2.19. The molecule has 0 aromatic heterocycles. The van der Waals surface area contributed by atoms with E-state index in [4.69, 9.17) is 15.8 Å². The van der Waals surface area contributed by atoms with Crippen molar-refractivity contribution in [1.82, 2.24) is 0 Å². The molecule has 0 amide bonds. The first-order chi connectivity index (χ1) is 6.76. The first kappa shape index (κ1) is 12.8. The summed E-state index contributed by atoms with van der Waals surface area (Å²) in [6.45, 7) is 0. The Bertz CT molecular complexity index is 255. The van der Waals surface area contributed by atoms with E-state index in [9.17, 15) is 4.39 Å². The molecule has 0 saturated heterocycles. The van der Waals surface area contributed by atoms with Crippen LogP contribution in [-0.4, -0.2) is 18.2 Å². The van der Waals surface area contributed by atoms with E-state index in [1.807, 2.05) is 12.1 Å². The molecule has 0 fully saturated rings. The molecule has 0 saturated carbocycles. The lowest BCUT2D eigenvalue weighted by atomic mass is 10.5. The van der Waals surface area contributed by atoms with E-state index in [1.165, 1.54) is 0 Å². The fourth-order valence-corrected chi connectivity index (χ4v) is 2.88. The molecule has 0 N–H and O–H groups in total. The molecule has 0 spiro atoms. The van der Waals surface area contributed by atoms with Crippen molar-refractivity contribution in [3.63, 3.8) is 0 Å². The molecule has 5 heteroatoms. The van der Waals surface area contributed by atoms with Crippen LogP contribution in [0.5, 0.6) is 0 Å². The summed E-state index contributed by atoms with van der Waals surface area (Å²) in [6, 6.07) is 5.69. The maximum absolute atomic E-state index is 13.3. The van der Waals surface area contributed by atoms with Gasteiger partial charge in [-0.05, 0) is 12.3 Å². The number of rotatable bonds is 6. The fraction of sp³-hybridized carbons (Fsp3) is 0.667. The molecular weight excluding hydrogens is 200 g/mol. The molecule has 0 aliphatic rings. The Kier molecular flexibility index (Phi) is 7.72. The van der Waals surface area contributed by atoms with Crippen LogP contribution in [0.2, 0.25) is 0 Å². The maximum atomic E-state index is 13.3.